The number of benzene rings is 1. The largest absolute Gasteiger partial charge is 0.437 e. The number of non-ortho nitro benzene ring substituents is 1. The van der Waals surface area contributed by atoms with Crippen LogP contribution in [0.15, 0.2) is 35.8 Å². The highest BCUT2D eigenvalue weighted by Gasteiger charge is 2.15. The number of hydrogen-bond acceptors (Lipinski definition) is 6. The number of imidazole rings is 1. The highest BCUT2D eigenvalue weighted by Crippen LogP contribution is 2.28. The van der Waals surface area contributed by atoms with Crippen molar-refractivity contribution < 1.29 is 9.66 Å². The number of hydrogen-bond donors (Lipinski definition) is 1. The molecule has 3 rings (SSSR count). The molecular weight excluding hydrogens is 292 g/mol. The third-order valence-electron chi connectivity index (χ3n) is 2.93. The fourth-order valence-corrected chi connectivity index (χ4v) is 2.69. The number of fused-ring (bicyclic) bond motifs is 1. The summed E-state index contributed by atoms with van der Waals surface area (Å²) in [6.07, 6.45) is 1.93. The Morgan fingerprint density at radius 3 is 2.86 bits per heavy atom. The molecule has 0 aliphatic carbocycles. The molecule has 108 valence electrons. The molecule has 1 aromatic carbocycles. The fraction of sp³-hybridized carbons (Fsp3) is 0.154. The van der Waals surface area contributed by atoms with Crippen LogP contribution in [0.1, 0.15) is 5.69 Å². The number of nitro benzene ring substituents is 1. The summed E-state index contributed by atoms with van der Waals surface area (Å²) in [5.74, 6) is 1.02. The van der Waals surface area contributed by atoms with E-state index in [1.807, 2.05) is 23.0 Å². The van der Waals surface area contributed by atoms with Gasteiger partial charge in [-0.25, -0.2) is 0 Å². The van der Waals surface area contributed by atoms with Crippen LogP contribution in [-0.2, 0) is 6.54 Å². The van der Waals surface area contributed by atoms with Gasteiger partial charge < -0.3 is 10.1 Å². The minimum atomic E-state index is -0.442. The number of rotatable bonds is 5. The van der Waals surface area contributed by atoms with Gasteiger partial charge in [0.05, 0.1) is 4.92 Å². The van der Waals surface area contributed by atoms with E-state index in [-0.39, 0.29) is 5.69 Å². The number of thiazole rings is 1. The maximum absolute atomic E-state index is 10.6. The smallest absolute Gasteiger partial charge is 0.269 e. The molecule has 0 unspecified atom stereocenters. The molecule has 0 fully saturated rings. The van der Waals surface area contributed by atoms with E-state index in [4.69, 9.17) is 4.74 Å². The molecule has 7 nitrogen and oxygen atoms in total. The van der Waals surface area contributed by atoms with Crippen molar-refractivity contribution >= 4 is 22.0 Å². The van der Waals surface area contributed by atoms with E-state index in [0.29, 0.717) is 18.2 Å². The molecule has 3 aromatic rings. The van der Waals surface area contributed by atoms with E-state index in [0.717, 1.165) is 10.7 Å². The van der Waals surface area contributed by atoms with Gasteiger partial charge in [0.1, 0.15) is 11.4 Å². The summed E-state index contributed by atoms with van der Waals surface area (Å²) in [5, 5.41) is 15.7. The van der Waals surface area contributed by atoms with Gasteiger partial charge in [-0.1, -0.05) is 0 Å². The predicted octanol–water partition coefficient (Wildman–Crippen LogP) is 2.82. The highest BCUT2D eigenvalue weighted by atomic mass is 32.1. The van der Waals surface area contributed by atoms with Gasteiger partial charge >= 0.3 is 0 Å². The first-order valence-electron chi connectivity index (χ1n) is 6.20. The van der Waals surface area contributed by atoms with Crippen LogP contribution < -0.4 is 10.1 Å². The Morgan fingerprint density at radius 1 is 1.43 bits per heavy atom. The predicted molar refractivity (Wildman–Crippen MR) is 79.0 cm³/mol. The summed E-state index contributed by atoms with van der Waals surface area (Å²) >= 11 is 1.52. The van der Waals surface area contributed by atoms with Crippen LogP contribution in [0.3, 0.4) is 0 Å². The Morgan fingerprint density at radius 2 is 2.19 bits per heavy atom. The van der Waals surface area contributed by atoms with Crippen LogP contribution in [0.5, 0.6) is 11.6 Å². The van der Waals surface area contributed by atoms with Crippen LogP contribution in [0.4, 0.5) is 5.69 Å². The Balaban J connectivity index is 1.91. The van der Waals surface area contributed by atoms with E-state index in [2.05, 4.69) is 10.3 Å². The van der Waals surface area contributed by atoms with Crippen molar-refractivity contribution in [2.45, 2.75) is 6.54 Å². The SMILES string of the molecule is CNCc1c(Oc2ccc([N+](=O)[O-])cc2)nc2sccn12. The molecule has 8 heteroatoms. The Bertz CT molecular complexity index is 778. The van der Waals surface area contributed by atoms with Gasteiger partial charge in [-0.05, 0) is 19.2 Å². The van der Waals surface area contributed by atoms with Crippen LogP contribution in [0.25, 0.3) is 4.96 Å². The van der Waals surface area contributed by atoms with Crippen molar-refractivity contribution in [3.05, 3.63) is 51.7 Å². The monoisotopic (exact) mass is 304 g/mol. The molecule has 0 aliphatic heterocycles. The normalized spacial score (nSPS) is 10.9. The molecule has 1 N–H and O–H groups in total. The van der Waals surface area contributed by atoms with E-state index in [9.17, 15) is 10.1 Å². The molecule has 0 saturated carbocycles. The minimum Gasteiger partial charge on any atom is -0.437 e. The second-order valence-corrected chi connectivity index (χ2v) is 5.18. The molecule has 0 amide bonds. The van der Waals surface area contributed by atoms with E-state index < -0.39 is 4.92 Å². The first-order valence-corrected chi connectivity index (χ1v) is 7.08. The van der Waals surface area contributed by atoms with Gasteiger partial charge in [0.15, 0.2) is 4.96 Å². The quantitative estimate of drug-likeness (QED) is 0.579. The van der Waals surface area contributed by atoms with E-state index in [1.165, 1.54) is 23.5 Å². The van der Waals surface area contributed by atoms with Crippen LogP contribution in [0.2, 0.25) is 0 Å². The zero-order chi connectivity index (χ0) is 14.8. The summed E-state index contributed by atoms with van der Waals surface area (Å²) in [6.45, 7) is 0.611. The molecule has 0 bridgehead atoms. The average molecular weight is 304 g/mol. The second kappa shape index (κ2) is 5.51. The first kappa shape index (κ1) is 13.5. The number of nitro groups is 1. The number of aromatic nitrogens is 2. The summed E-state index contributed by atoms with van der Waals surface area (Å²) in [5.41, 5.74) is 0.940. The third-order valence-corrected chi connectivity index (χ3v) is 3.69. The lowest BCUT2D eigenvalue weighted by atomic mass is 10.3. The summed E-state index contributed by atoms with van der Waals surface area (Å²) in [6, 6.07) is 5.94. The molecule has 2 aromatic heterocycles. The lowest BCUT2D eigenvalue weighted by molar-refractivity contribution is -0.384. The maximum atomic E-state index is 10.6. The van der Waals surface area contributed by atoms with Gasteiger partial charge in [-0.15, -0.1) is 11.3 Å². The van der Waals surface area contributed by atoms with Gasteiger partial charge in [-0.3, -0.25) is 14.5 Å². The first-order chi connectivity index (χ1) is 10.2. The van der Waals surface area contributed by atoms with Crippen LogP contribution in [0, 0.1) is 10.1 Å². The van der Waals surface area contributed by atoms with Crippen molar-refractivity contribution in [3.63, 3.8) is 0 Å². The molecule has 0 radical (unpaired) electrons. The number of ether oxygens (including phenoxy) is 1. The molecule has 2 heterocycles. The van der Waals surface area contributed by atoms with Crippen molar-refractivity contribution in [2.24, 2.45) is 0 Å². The molecule has 0 spiro atoms. The highest BCUT2D eigenvalue weighted by molar-refractivity contribution is 7.15. The standard InChI is InChI=1S/C13H12N4O3S/c1-14-8-11-12(15-13-16(11)6-7-21-13)20-10-4-2-9(3-5-10)17(18)19/h2-7,14H,8H2,1H3. The lowest BCUT2D eigenvalue weighted by Crippen LogP contribution is -2.08. The third kappa shape index (κ3) is 2.58. The van der Waals surface area contributed by atoms with Gasteiger partial charge in [-0.2, -0.15) is 4.98 Å². The maximum Gasteiger partial charge on any atom is 0.269 e. The van der Waals surface area contributed by atoms with Crippen molar-refractivity contribution in [2.75, 3.05) is 7.05 Å². The van der Waals surface area contributed by atoms with E-state index >= 15 is 0 Å². The van der Waals surface area contributed by atoms with Crippen LogP contribution >= 0.6 is 11.3 Å². The van der Waals surface area contributed by atoms with Crippen LogP contribution in [-0.4, -0.2) is 21.4 Å². The van der Waals surface area contributed by atoms with E-state index in [1.54, 1.807) is 12.1 Å². The van der Waals surface area contributed by atoms with Crippen molar-refractivity contribution in [1.29, 1.82) is 0 Å². The number of nitrogens with zero attached hydrogens (tertiary/aromatic N) is 3. The molecule has 0 aliphatic rings. The zero-order valence-electron chi connectivity index (χ0n) is 11.1. The van der Waals surface area contributed by atoms with Gasteiger partial charge in [0, 0.05) is 30.3 Å². The Hall–Kier alpha value is -2.45. The second-order valence-electron chi connectivity index (χ2n) is 4.30. The summed E-state index contributed by atoms with van der Waals surface area (Å²) in [7, 11) is 1.85. The summed E-state index contributed by atoms with van der Waals surface area (Å²) in [4.78, 5) is 15.5. The van der Waals surface area contributed by atoms with Gasteiger partial charge in [0.2, 0.25) is 5.88 Å². The number of nitrogens with one attached hydrogen (secondary N) is 1. The fourth-order valence-electron chi connectivity index (χ4n) is 1.97. The van der Waals surface area contributed by atoms with Crippen molar-refractivity contribution in [3.8, 4) is 11.6 Å². The minimum absolute atomic E-state index is 0.0311. The van der Waals surface area contributed by atoms with Gasteiger partial charge in [0.25, 0.3) is 5.69 Å². The average Bonchev–Trinajstić information content (AvgIpc) is 3.03. The zero-order valence-corrected chi connectivity index (χ0v) is 12.0. The molecule has 0 atom stereocenters. The lowest BCUT2D eigenvalue weighted by Gasteiger charge is -2.05. The topological polar surface area (TPSA) is 81.7 Å². The Labute approximate surface area is 124 Å². The Kier molecular flexibility index (Phi) is 3.55. The molecular formula is C13H12N4O3S. The molecule has 0 saturated heterocycles. The summed E-state index contributed by atoms with van der Waals surface area (Å²) < 4.78 is 7.71. The molecule has 21 heavy (non-hydrogen) atoms. The van der Waals surface area contributed by atoms with Crippen molar-refractivity contribution in [1.82, 2.24) is 14.7 Å².